The summed E-state index contributed by atoms with van der Waals surface area (Å²) >= 11 is 3.38. The van der Waals surface area contributed by atoms with Crippen molar-refractivity contribution in [1.29, 1.82) is 0 Å². The Bertz CT molecular complexity index is 688. The average Bonchev–Trinajstić information content (AvgIpc) is 3.12. The molecule has 1 aromatic rings. The van der Waals surface area contributed by atoms with Gasteiger partial charge >= 0.3 is 0 Å². The van der Waals surface area contributed by atoms with Crippen LogP contribution in [0.2, 0.25) is 0 Å². The number of nitrogens with zero attached hydrogens (tertiary/aromatic N) is 1. The van der Waals surface area contributed by atoms with E-state index in [2.05, 4.69) is 15.9 Å². The summed E-state index contributed by atoms with van der Waals surface area (Å²) in [5.74, 6) is -1.75. The van der Waals surface area contributed by atoms with Crippen LogP contribution in [0.15, 0.2) is 40.9 Å². The van der Waals surface area contributed by atoms with Crippen molar-refractivity contribution in [3.05, 3.63) is 40.9 Å². The van der Waals surface area contributed by atoms with E-state index in [1.807, 2.05) is 6.07 Å². The van der Waals surface area contributed by atoms with Crippen molar-refractivity contribution in [3.63, 3.8) is 0 Å². The molecule has 2 bridgehead atoms. The van der Waals surface area contributed by atoms with Crippen LogP contribution in [-0.4, -0.2) is 35.2 Å². The van der Waals surface area contributed by atoms with E-state index in [0.717, 1.165) is 0 Å². The summed E-state index contributed by atoms with van der Waals surface area (Å²) < 4.78 is 6.38. The molecule has 0 unspecified atom stereocenters. The number of imide groups is 1. The molecule has 1 aromatic carbocycles. The molecule has 0 spiro atoms. The van der Waals surface area contributed by atoms with Gasteiger partial charge < -0.3 is 9.84 Å². The van der Waals surface area contributed by atoms with E-state index in [-0.39, 0.29) is 18.4 Å². The number of para-hydroxylation sites is 1. The molecule has 4 atom stereocenters. The maximum Gasteiger partial charge on any atom is 0.241 e. The summed E-state index contributed by atoms with van der Waals surface area (Å²) in [5.41, 5.74) is -0.507. The lowest BCUT2D eigenvalue weighted by Gasteiger charge is -2.26. The van der Waals surface area contributed by atoms with Crippen LogP contribution in [0.25, 0.3) is 0 Å². The van der Waals surface area contributed by atoms with E-state index in [9.17, 15) is 14.7 Å². The molecule has 6 heteroatoms. The van der Waals surface area contributed by atoms with E-state index >= 15 is 0 Å². The van der Waals surface area contributed by atoms with Gasteiger partial charge in [-0.05, 0) is 28.1 Å². The van der Waals surface area contributed by atoms with Gasteiger partial charge in [-0.25, -0.2) is 4.90 Å². The van der Waals surface area contributed by atoms with Gasteiger partial charge in [0.05, 0.1) is 30.2 Å². The van der Waals surface area contributed by atoms with Gasteiger partial charge in [-0.3, -0.25) is 9.59 Å². The van der Waals surface area contributed by atoms with Crippen LogP contribution in [0, 0.1) is 11.8 Å². The summed E-state index contributed by atoms with van der Waals surface area (Å²) in [6.45, 7) is -0.302. The second kappa shape index (κ2) is 4.25. The summed E-state index contributed by atoms with van der Waals surface area (Å²) in [4.78, 5) is 26.7. The van der Waals surface area contributed by atoms with Crippen LogP contribution in [0.4, 0.5) is 5.69 Å². The predicted molar refractivity (Wildman–Crippen MR) is 77.4 cm³/mol. The van der Waals surface area contributed by atoms with Crippen molar-refractivity contribution < 1.29 is 19.4 Å². The molecular formula is C15H12BrNO4. The largest absolute Gasteiger partial charge is 0.393 e. The maximum atomic E-state index is 12.8. The van der Waals surface area contributed by atoms with Crippen LogP contribution in [0.1, 0.15) is 0 Å². The second-order valence-electron chi connectivity index (χ2n) is 5.52. The number of hydrogen-bond donors (Lipinski definition) is 1. The van der Waals surface area contributed by atoms with Crippen molar-refractivity contribution >= 4 is 33.4 Å². The fraction of sp³-hybridized carbons (Fsp3) is 0.333. The van der Waals surface area contributed by atoms with E-state index in [4.69, 9.17) is 4.74 Å². The normalized spacial score (nSPS) is 36.7. The molecule has 3 heterocycles. The zero-order chi connectivity index (χ0) is 14.8. The number of anilines is 1. The molecule has 0 saturated carbocycles. The maximum absolute atomic E-state index is 12.8. The minimum atomic E-state index is -1.04. The number of hydrogen-bond acceptors (Lipinski definition) is 4. The smallest absolute Gasteiger partial charge is 0.241 e. The van der Waals surface area contributed by atoms with E-state index < -0.39 is 23.5 Å². The van der Waals surface area contributed by atoms with Gasteiger partial charge in [0.25, 0.3) is 0 Å². The quantitative estimate of drug-likeness (QED) is 0.644. The standard InChI is InChI=1S/C15H12BrNO4/c16-8-3-1-2-4-9(8)17-13(19)11-10-5-6-15(7-18,21-10)12(11)14(17)20/h1-6,10-12,18H,7H2/t10-,11-,12+,15-/m1/s1. The van der Waals surface area contributed by atoms with Crippen molar-refractivity contribution in [2.24, 2.45) is 11.8 Å². The highest BCUT2D eigenvalue weighted by molar-refractivity contribution is 9.10. The van der Waals surface area contributed by atoms with Crippen molar-refractivity contribution in [3.8, 4) is 0 Å². The first kappa shape index (κ1) is 13.2. The third-order valence-electron chi connectivity index (χ3n) is 4.50. The van der Waals surface area contributed by atoms with Gasteiger partial charge in [-0.15, -0.1) is 0 Å². The SMILES string of the molecule is O=C1[C@H]2[C@@H](C(=O)N1c1ccccc1Br)[C@]1(CO)C=C[C@H]2O1. The van der Waals surface area contributed by atoms with Crippen LogP contribution in [-0.2, 0) is 14.3 Å². The Labute approximate surface area is 129 Å². The van der Waals surface area contributed by atoms with Gasteiger partial charge in [0.2, 0.25) is 11.8 Å². The van der Waals surface area contributed by atoms with E-state index in [1.54, 1.807) is 30.4 Å². The Hall–Kier alpha value is -1.50. The lowest BCUT2D eigenvalue weighted by atomic mass is 9.77. The Morgan fingerprint density at radius 3 is 2.76 bits per heavy atom. The fourth-order valence-electron chi connectivity index (χ4n) is 3.55. The first-order valence-electron chi connectivity index (χ1n) is 6.69. The van der Waals surface area contributed by atoms with E-state index in [0.29, 0.717) is 10.2 Å². The van der Waals surface area contributed by atoms with Crippen molar-refractivity contribution in [2.45, 2.75) is 11.7 Å². The highest BCUT2D eigenvalue weighted by Crippen LogP contribution is 2.52. The highest BCUT2D eigenvalue weighted by Gasteiger charge is 2.67. The summed E-state index contributed by atoms with van der Waals surface area (Å²) in [6, 6.07) is 7.11. The molecule has 2 fully saturated rings. The van der Waals surface area contributed by atoms with Gasteiger partial charge in [0.1, 0.15) is 5.60 Å². The number of benzene rings is 1. The molecule has 0 aromatic heterocycles. The zero-order valence-electron chi connectivity index (χ0n) is 10.9. The molecule has 2 saturated heterocycles. The van der Waals surface area contributed by atoms with Gasteiger partial charge in [0, 0.05) is 4.47 Å². The number of halogens is 1. The first-order chi connectivity index (χ1) is 10.1. The Kier molecular flexibility index (Phi) is 2.67. The Morgan fingerprint density at radius 2 is 2.05 bits per heavy atom. The Morgan fingerprint density at radius 1 is 1.29 bits per heavy atom. The number of carbonyl (C=O) groups excluding carboxylic acids is 2. The minimum Gasteiger partial charge on any atom is -0.393 e. The molecule has 3 aliphatic heterocycles. The lowest BCUT2D eigenvalue weighted by molar-refractivity contribution is -0.128. The molecule has 0 radical (unpaired) electrons. The molecule has 3 aliphatic rings. The van der Waals surface area contributed by atoms with Gasteiger partial charge in [0.15, 0.2) is 0 Å². The highest BCUT2D eigenvalue weighted by atomic mass is 79.9. The van der Waals surface area contributed by atoms with Gasteiger partial charge in [-0.2, -0.15) is 0 Å². The third kappa shape index (κ3) is 1.52. The second-order valence-corrected chi connectivity index (χ2v) is 6.38. The van der Waals surface area contributed by atoms with Crippen LogP contribution in [0.3, 0.4) is 0 Å². The van der Waals surface area contributed by atoms with Crippen molar-refractivity contribution in [1.82, 2.24) is 0 Å². The van der Waals surface area contributed by atoms with Crippen molar-refractivity contribution in [2.75, 3.05) is 11.5 Å². The molecular weight excluding hydrogens is 338 g/mol. The number of rotatable bonds is 2. The zero-order valence-corrected chi connectivity index (χ0v) is 12.5. The molecule has 21 heavy (non-hydrogen) atoms. The van der Waals surface area contributed by atoms with Gasteiger partial charge in [-0.1, -0.05) is 24.3 Å². The van der Waals surface area contributed by atoms with Crippen LogP contribution in [0.5, 0.6) is 0 Å². The summed E-state index contributed by atoms with van der Waals surface area (Å²) in [5, 5.41) is 9.64. The average molecular weight is 350 g/mol. The lowest BCUT2D eigenvalue weighted by Crippen LogP contribution is -2.43. The molecule has 2 amide bonds. The molecule has 4 rings (SSSR count). The Balaban J connectivity index is 1.81. The van der Waals surface area contributed by atoms with E-state index in [1.165, 1.54) is 4.90 Å². The number of aliphatic hydroxyl groups is 1. The monoisotopic (exact) mass is 349 g/mol. The number of amides is 2. The van der Waals surface area contributed by atoms with Crippen LogP contribution < -0.4 is 4.90 Å². The minimum absolute atomic E-state index is 0.262. The molecule has 0 aliphatic carbocycles. The fourth-order valence-corrected chi connectivity index (χ4v) is 4.02. The summed E-state index contributed by atoms with van der Waals surface area (Å²) in [7, 11) is 0. The number of aliphatic hydroxyl groups excluding tert-OH is 1. The molecule has 108 valence electrons. The topological polar surface area (TPSA) is 66.8 Å². The molecule has 1 N–H and O–H groups in total. The third-order valence-corrected chi connectivity index (χ3v) is 5.17. The number of carbonyl (C=O) groups is 2. The summed E-state index contributed by atoms with van der Waals surface area (Å²) in [6.07, 6.45) is 3.06. The van der Waals surface area contributed by atoms with Crippen LogP contribution >= 0.6 is 15.9 Å². The first-order valence-corrected chi connectivity index (χ1v) is 7.49. The predicted octanol–water partition coefficient (Wildman–Crippen LogP) is 1.25. The molecule has 5 nitrogen and oxygen atoms in total. The number of fused-ring (bicyclic) bond motifs is 5. The number of ether oxygens (including phenoxy) is 1.